The maximum Gasteiger partial charge on any atom is 0.153 e. The molecule has 3 rings (SSSR count). The minimum Gasteiger partial charge on any atom is -0.382 e. The lowest BCUT2D eigenvalue weighted by Crippen LogP contribution is -2.04. The molecule has 1 aliphatic rings. The molecule has 3 nitrogen and oxygen atoms in total. The lowest BCUT2D eigenvalue weighted by molar-refractivity contribution is 0.449. The van der Waals surface area contributed by atoms with Crippen LogP contribution in [0.1, 0.15) is 56.6 Å². The Kier molecular flexibility index (Phi) is 4.23. The van der Waals surface area contributed by atoms with Crippen molar-refractivity contribution in [2.45, 2.75) is 50.9 Å². The van der Waals surface area contributed by atoms with E-state index in [2.05, 4.69) is 10.2 Å². The maximum absolute atomic E-state index is 13.1. The first-order valence-corrected chi connectivity index (χ1v) is 7.85. The van der Waals surface area contributed by atoms with E-state index < -0.39 is 0 Å². The third-order valence-electron chi connectivity index (χ3n) is 4.47. The average molecular weight is 287 g/mol. The zero-order chi connectivity index (χ0) is 14.7. The van der Waals surface area contributed by atoms with E-state index in [0.29, 0.717) is 11.7 Å². The van der Waals surface area contributed by atoms with Crippen molar-refractivity contribution >= 4 is 5.82 Å². The van der Waals surface area contributed by atoms with E-state index in [1.807, 2.05) is 0 Å². The molecule has 1 aromatic heterocycles. The standard InChI is InChI=1S/C17H22FN3/c18-14-10-8-12(9-11-14)15-16(20-21-17(15)19)13-6-4-2-1-3-5-7-13/h8-11,13H,1-7H2,(H3,19,20,21). The fourth-order valence-electron chi connectivity index (χ4n) is 3.33. The smallest absolute Gasteiger partial charge is 0.153 e. The summed E-state index contributed by atoms with van der Waals surface area (Å²) in [4.78, 5) is 0. The first-order chi connectivity index (χ1) is 10.3. The number of rotatable bonds is 2. The first kappa shape index (κ1) is 14.1. The lowest BCUT2D eigenvalue weighted by Gasteiger charge is -2.20. The quantitative estimate of drug-likeness (QED) is 0.846. The Labute approximate surface area is 124 Å². The monoisotopic (exact) mass is 287 g/mol. The van der Waals surface area contributed by atoms with Crippen molar-refractivity contribution in [1.82, 2.24) is 10.2 Å². The molecule has 112 valence electrons. The van der Waals surface area contributed by atoms with Crippen LogP contribution in [0.5, 0.6) is 0 Å². The van der Waals surface area contributed by atoms with E-state index in [4.69, 9.17) is 5.73 Å². The van der Waals surface area contributed by atoms with E-state index in [0.717, 1.165) is 16.8 Å². The molecule has 0 bridgehead atoms. The van der Waals surface area contributed by atoms with E-state index in [1.54, 1.807) is 12.1 Å². The van der Waals surface area contributed by atoms with Gasteiger partial charge in [-0.05, 0) is 30.5 Å². The molecule has 1 fully saturated rings. The molecule has 0 aliphatic heterocycles. The highest BCUT2D eigenvalue weighted by Crippen LogP contribution is 2.38. The van der Waals surface area contributed by atoms with E-state index in [-0.39, 0.29) is 5.82 Å². The highest BCUT2D eigenvalue weighted by Gasteiger charge is 2.22. The normalized spacial score (nSPS) is 17.4. The molecule has 0 spiro atoms. The van der Waals surface area contributed by atoms with E-state index >= 15 is 0 Å². The molecule has 3 N–H and O–H groups in total. The molecule has 0 atom stereocenters. The molecule has 0 radical (unpaired) electrons. The highest BCUT2D eigenvalue weighted by atomic mass is 19.1. The van der Waals surface area contributed by atoms with Crippen LogP contribution in [0.15, 0.2) is 24.3 Å². The van der Waals surface area contributed by atoms with Crippen molar-refractivity contribution < 1.29 is 4.39 Å². The molecular weight excluding hydrogens is 265 g/mol. The first-order valence-electron chi connectivity index (χ1n) is 7.85. The summed E-state index contributed by atoms with van der Waals surface area (Å²) in [6, 6.07) is 6.51. The molecule has 4 heteroatoms. The second kappa shape index (κ2) is 6.29. The number of nitrogens with zero attached hydrogens (tertiary/aromatic N) is 1. The van der Waals surface area contributed by atoms with Crippen LogP contribution in [0.2, 0.25) is 0 Å². The zero-order valence-electron chi connectivity index (χ0n) is 12.2. The molecule has 21 heavy (non-hydrogen) atoms. The van der Waals surface area contributed by atoms with Gasteiger partial charge in [-0.25, -0.2) is 4.39 Å². The van der Waals surface area contributed by atoms with Gasteiger partial charge in [0, 0.05) is 17.2 Å². The van der Waals surface area contributed by atoms with Gasteiger partial charge in [0.25, 0.3) is 0 Å². The zero-order valence-corrected chi connectivity index (χ0v) is 12.2. The number of hydrogen-bond donors (Lipinski definition) is 2. The molecule has 2 aromatic rings. The Balaban J connectivity index is 1.93. The molecule has 1 saturated carbocycles. The van der Waals surface area contributed by atoms with Crippen LogP contribution in [0.4, 0.5) is 10.2 Å². The van der Waals surface area contributed by atoms with Gasteiger partial charge in [0.1, 0.15) is 5.82 Å². The molecule has 0 amide bonds. The van der Waals surface area contributed by atoms with Gasteiger partial charge >= 0.3 is 0 Å². The van der Waals surface area contributed by atoms with Crippen LogP contribution in [0, 0.1) is 5.82 Å². The van der Waals surface area contributed by atoms with Crippen LogP contribution in [-0.2, 0) is 0 Å². The second-order valence-electron chi connectivity index (χ2n) is 5.95. The minimum absolute atomic E-state index is 0.228. The van der Waals surface area contributed by atoms with Crippen molar-refractivity contribution in [2.24, 2.45) is 0 Å². The van der Waals surface area contributed by atoms with Crippen LogP contribution < -0.4 is 5.73 Å². The summed E-state index contributed by atoms with van der Waals surface area (Å²) < 4.78 is 13.1. The number of nitrogens with two attached hydrogens (primary N) is 1. The van der Waals surface area contributed by atoms with Gasteiger partial charge in [0.15, 0.2) is 5.82 Å². The lowest BCUT2D eigenvalue weighted by atomic mass is 9.86. The fraction of sp³-hybridized carbons (Fsp3) is 0.471. The molecule has 0 unspecified atom stereocenters. The molecule has 1 aliphatic carbocycles. The van der Waals surface area contributed by atoms with Gasteiger partial charge < -0.3 is 5.73 Å². The number of halogens is 1. The van der Waals surface area contributed by atoms with E-state index in [1.165, 1.54) is 57.1 Å². The molecule has 1 heterocycles. The topological polar surface area (TPSA) is 54.7 Å². The van der Waals surface area contributed by atoms with Crippen molar-refractivity contribution in [3.05, 3.63) is 35.8 Å². The summed E-state index contributed by atoms with van der Waals surface area (Å²) in [7, 11) is 0. The van der Waals surface area contributed by atoms with Gasteiger partial charge in [-0.3, -0.25) is 5.10 Å². The fourth-order valence-corrected chi connectivity index (χ4v) is 3.33. The largest absolute Gasteiger partial charge is 0.382 e. The Bertz CT molecular complexity index is 581. The Hall–Kier alpha value is -1.84. The Morgan fingerprint density at radius 1 is 1.00 bits per heavy atom. The van der Waals surface area contributed by atoms with Gasteiger partial charge in [-0.15, -0.1) is 0 Å². The van der Waals surface area contributed by atoms with Crippen molar-refractivity contribution in [1.29, 1.82) is 0 Å². The number of aromatic nitrogens is 2. The summed E-state index contributed by atoms with van der Waals surface area (Å²) in [6.45, 7) is 0. The number of anilines is 1. The summed E-state index contributed by atoms with van der Waals surface area (Å²) >= 11 is 0. The van der Waals surface area contributed by atoms with Crippen molar-refractivity contribution in [3.63, 3.8) is 0 Å². The predicted octanol–water partition coefficient (Wildman–Crippen LogP) is 4.63. The predicted molar refractivity (Wildman–Crippen MR) is 83.5 cm³/mol. The number of hydrogen-bond acceptors (Lipinski definition) is 2. The Morgan fingerprint density at radius 3 is 2.29 bits per heavy atom. The SMILES string of the molecule is Nc1n[nH]c(C2CCCCCCC2)c1-c1ccc(F)cc1. The van der Waals surface area contributed by atoms with Crippen LogP contribution in [-0.4, -0.2) is 10.2 Å². The summed E-state index contributed by atoms with van der Waals surface area (Å²) in [5.74, 6) is 0.766. The van der Waals surface area contributed by atoms with Crippen LogP contribution in [0.3, 0.4) is 0 Å². The summed E-state index contributed by atoms with van der Waals surface area (Å²) in [5, 5.41) is 7.34. The van der Waals surface area contributed by atoms with Gasteiger partial charge in [-0.2, -0.15) is 5.10 Å². The van der Waals surface area contributed by atoms with Gasteiger partial charge in [-0.1, -0.05) is 44.2 Å². The maximum atomic E-state index is 13.1. The number of aromatic amines is 1. The minimum atomic E-state index is -0.228. The van der Waals surface area contributed by atoms with Gasteiger partial charge in [0.05, 0.1) is 0 Å². The average Bonchev–Trinajstić information content (AvgIpc) is 2.81. The third-order valence-corrected chi connectivity index (χ3v) is 4.47. The van der Waals surface area contributed by atoms with Crippen molar-refractivity contribution in [3.8, 4) is 11.1 Å². The third kappa shape index (κ3) is 3.09. The number of nitrogen functional groups attached to an aromatic ring is 1. The Morgan fingerprint density at radius 2 is 1.62 bits per heavy atom. The summed E-state index contributed by atoms with van der Waals surface area (Å²) in [6.07, 6.45) is 8.84. The number of nitrogens with one attached hydrogen (secondary N) is 1. The molecule has 0 saturated heterocycles. The number of benzene rings is 1. The highest BCUT2D eigenvalue weighted by molar-refractivity contribution is 5.76. The van der Waals surface area contributed by atoms with Crippen molar-refractivity contribution in [2.75, 3.05) is 5.73 Å². The molecule has 1 aromatic carbocycles. The van der Waals surface area contributed by atoms with Crippen LogP contribution >= 0.6 is 0 Å². The van der Waals surface area contributed by atoms with E-state index in [9.17, 15) is 4.39 Å². The number of H-pyrrole nitrogens is 1. The van der Waals surface area contributed by atoms with Crippen LogP contribution in [0.25, 0.3) is 11.1 Å². The summed E-state index contributed by atoms with van der Waals surface area (Å²) in [5.41, 5.74) is 9.08. The van der Waals surface area contributed by atoms with Gasteiger partial charge in [0.2, 0.25) is 0 Å². The second-order valence-corrected chi connectivity index (χ2v) is 5.95. The molecular formula is C17H22FN3.